The summed E-state index contributed by atoms with van der Waals surface area (Å²) in [5.74, 6) is 1.39. The van der Waals surface area contributed by atoms with Gasteiger partial charge >= 0.3 is 0 Å². The molecule has 4 aromatic rings. The van der Waals surface area contributed by atoms with Crippen LogP contribution < -0.4 is 15.5 Å². The molecule has 1 saturated heterocycles. The van der Waals surface area contributed by atoms with Gasteiger partial charge in [0.05, 0.1) is 12.9 Å². The molecule has 3 N–H and O–H groups in total. The van der Waals surface area contributed by atoms with Crippen molar-refractivity contribution < 1.29 is 5.11 Å². The van der Waals surface area contributed by atoms with Crippen molar-refractivity contribution in [1.82, 2.24) is 24.8 Å². The van der Waals surface area contributed by atoms with Gasteiger partial charge < -0.3 is 25.2 Å². The molecule has 8 nitrogen and oxygen atoms in total. The van der Waals surface area contributed by atoms with Crippen LogP contribution in [0.5, 0.6) is 0 Å². The maximum Gasteiger partial charge on any atom is 0.229 e. The second-order valence-corrected chi connectivity index (χ2v) is 8.99. The van der Waals surface area contributed by atoms with Crippen LogP contribution in [0.3, 0.4) is 0 Å². The van der Waals surface area contributed by atoms with Crippen LogP contribution in [0.15, 0.2) is 60.9 Å². The molecule has 8 heteroatoms. The standard InChI is InChI=1S/C26H31N7O/c1-18(2)33-17-29-23-24(30-26(31-25(23)33)32-13-12-27-22(15-32)16-34)28-14-19-8-10-21(11-9-19)20-6-4-3-5-7-20/h3-11,17-18,22,27,34H,12-16H2,1-2H3,(H,28,30,31). The van der Waals surface area contributed by atoms with Gasteiger partial charge in [-0.25, -0.2) is 4.98 Å². The molecule has 5 rings (SSSR count). The van der Waals surface area contributed by atoms with Gasteiger partial charge in [0.25, 0.3) is 0 Å². The molecule has 0 saturated carbocycles. The summed E-state index contributed by atoms with van der Waals surface area (Å²) in [6.45, 7) is 7.21. The number of rotatable bonds is 7. The van der Waals surface area contributed by atoms with Crippen LogP contribution >= 0.6 is 0 Å². The fourth-order valence-corrected chi connectivity index (χ4v) is 4.31. The highest BCUT2D eigenvalue weighted by atomic mass is 16.3. The molecule has 0 spiro atoms. The van der Waals surface area contributed by atoms with Gasteiger partial charge in [0, 0.05) is 38.3 Å². The minimum absolute atomic E-state index is 0.0163. The summed E-state index contributed by atoms with van der Waals surface area (Å²) in [4.78, 5) is 16.5. The lowest BCUT2D eigenvalue weighted by molar-refractivity contribution is 0.235. The van der Waals surface area contributed by atoms with Crippen molar-refractivity contribution in [2.45, 2.75) is 32.5 Å². The summed E-state index contributed by atoms with van der Waals surface area (Å²) < 4.78 is 2.08. The molecule has 0 amide bonds. The second kappa shape index (κ2) is 9.79. The Morgan fingerprint density at radius 1 is 1.06 bits per heavy atom. The number of fused-ring (bicyclic) bond motifs is 1. The third kappa shape index (κ3) is 4.60. The molecule has 2 aromatic heterocycles. The fraction of sp³-hybridized carbons (Fsp3) is 0.346. The van der Waals surface area contributed by atoms with Gasteiger partial charge in [-0.05, 0) is 30.5 Å². The number of imidazole rings is 1. The van der Waals surface area contributed by atoms with Crippen LogP contribution in [0.1, 0.15) is 25.5 Å². The molecule has 3 heterocycles. The van der Waals surface area contributed by atoms with Crippen molar-refractivity contribution in [2.24, 2.45) is 0 Å². The number of aliphatic hydroxyl groups excluding tert-OH is 1. The third-order valence-electron chi connectivity index (χ3n) is 6.25. The predicted molar refractivity (Wildman–Crippen MR) is 136 cm³/mol. The molecular formula is C26H31N7O. The van der Waals surface area contributed by atoms with E-state index in [1.54, 1.807) is 0 Å². The summed E-state index contributed by atoms with van der Waals surface area (Å²) in [6.07, 6.45) is 1.84. The Balaban J connectivity index is 1.41. The number of hydrogen-bond acceptors (Lipinski definition) is 7. The van der Waals surface area contributed by atoms with Crippen LogP contribution in [0.4, 0.5) is 11.8 Å². The minimum atomic E-state index is 0.0163. The van der Waals surface area contributed by atoms with Gasteiger partial charge in [-0.2, -0.15) is 9.97 Å². The van der Waals surface area contributed by atoms with Gasteiger partial charge in [-0.3, -0.25) is 0 Å². The first-order valence-corrected chi connectivity index (χ1v) is 11.8. The molecule has 0 bridgehead atoms. The smallest absolute Gasteiger partial charge is 0.229 e. The highest BCUT2D eigenvalue weighted by molar-refractivity contribution is 5.84. The molecule has 1 unspecified atom stereocenters. The van der Waals surface area contributed by atoms with E-state index >= 15 is 0 Å². The molecule has 1 fully saturated rings. The summed E-state index contributed by atoms with van der Waals surface area (Å²) >= 11 is 0. The number of anilines is 2. The molecule has 34 heavy (non-hydrogen) atoms. The zero-order valence-corrected chi connectivity index (χ0v) is 19.6. The average Bonchev–Trinajstić information content (AvgIpc) is 3.33. The van der Waals surface area contributed by atoms with Crippen molar-refractivity contribution in [3.8, 4) is 11.1 Å². The van der Waals surface area contributed by atoms with Crippen molar-refractivity contribution in [1.29, 1.82) is 0 Å². The van der Waals surface area contributed by atoms with Gasteiger partial charge in [0.1, 0.15) is 0 Å². The number of nitrogens with one attached hydrogen (secondary N) is 2. The largest absolute Gasteiger partial charge is 0.395 e. The first-order valence-electron chi connectivity index (χ1n) is 11.8. The number of hydrogen-bond donors (Lipinski definition) is 3. The Hall–Kier alpha value is -3.49. The quantitative estimate of drug-likeness (QED) is 0.391. The molecule has 0 radical (unpaired) electrons. The highest BCUT2D eigenvalue weighted by Gasteiger charge is 2.23. The van der Waals surface area contributed by atoms with E-state index in [0.29, 0.717) is 19.0 Å². The van der Waals surface area contributed by atoms with Gasteiger partial charge in [-0.1, -0.05) is 54.6 Å². The predicted octanol–water partition coefficient (Wildman–Crippen LogP) is 3.46. The fourth-order valence-electron chi connectivity index (χ4n) is 4.31. The van der Waals surface area contributed by atoms with Gasteiger partial charge in [0.2, 0.25) is 5.95 Å². The van der Waals surface area contributed by atoms with Crippen molar-refractivity contribution in [3.63, 3.8) is 0 Å². The Morgan fingerprint density at radius 2 is 1.82 bits per heavy atom. The first-order chi connectivity index (χ1) is 16.6. The Kier molecular flexibility index (Phi) is 6.42. The van der Waals surface area contributed by atoms with Crippen LogP contribution in [-0.2, 0) is 6.54 Å². The molecule has 2 aromatic carbocycles. The van der Waals surface area contributed by atoms with E-state index in [1.807, 2.05) is 12.4 Å². The van der Waals surface area contributed by atoms with E-state index in [0.717, 1.165) is 30.1 Å². The molecule has 176 valence electrons. The monoisotopic (exact) mass is 457 g/mol. The number of piperazine rings is 1. The van der Waals surface area contributed by atoms with E-state index in [4.69, 9.17) is 9.97 Å². The van der Waals surface area contributed by atoms with Crippen LogP contribution in [0.25, 0.3) is 22.3 Å². The maximum atomic E-state index is 9.61. The van der Waals surface area contributed by atoms with Crippen LogP contribution in [0.2, 0.25) is 0 Å². The number of aliphatic hydroxyl groups is 1. The van der Waals surface area contributed by atoms with E-state index < -0.39 is 0 Å². The number of nitrogens with zero attached hydrogens (tertiary/aromatic N) is 5. The van der Waals surface area contributed by atoms with Gasteiger partial charge in [0.15, 0.2) is 17.0 Å². The van der Waals surface area contributed by atoms with Crippen LogP contribution in [0, 0.1) is 0 Å². The van der Waals surface area contributed by atoms with Crippen molar-refractivity contribution in [3.05, 3.63) is 66.5 Å². The molecule has 0 aliphatic carbocycles. The average molecular weight is 458 g/mol. The lowest BCUT2D eigenvalue weighted by Gasteiger charge is -2.33. The summed E-state index contributed by atoms with van der Waals surface area (Å²) in [6, 6.07) is 19.2. The van der Waals surface area contributed by atoms with Crippen molar-refractivity contribution in [2.75, 3.05) is 36.5 Å². The molecule has 1 aliphatic rings. The maximum absolute atomic E-state index is 9.61. The normalized spacial score (nSPS) is 16.4. The van der Waals surface area contributed by atoms with E-state index in [9.17, 15) is 5.11 Å². The third-order valence-corrected chi connectivity index (χ3v) is 6.25. The van der Waals surface area contributed by atoms with E-state index in [-0.39, 0.29) is 18.7 Å². The minimum Gasteiger partial charge on any atom is -0.395 e. The summed E-state index contributed by atoms with van der Waals surface area (Å²) in [5.41, 5.74) is 5.16. The number of benzene rings is 2. The molecular weight excluding hydrogens is 426 g/mol. The van der Waals surface area contributed by atoms with Crippen molar-refractivity contribution >= 4 is 22.9 Å². The zero-order valence-electron chi connectivity index (χ0n) is 19.6. The van der Waals surface area contributed by atoms with E-state index in [2.05, 4.69) is 87.5 Å². The number of aromatic nitrogens is 4. The SMILES string of the molecule is CC(C)n1cnc2c(NCc3ccc(-c4ccccc4)cc3)nc(N3CCNC(CO)C3)nc21. The Bertz CT molecular complexity index is 1240. The lowest BCUT2D eigenvalue weighted by atomic mass is 10.0. The van der Waals surface area contributed by atoms with Gasteiger partial charge in [-0.15, -0.1) is 0 Å². The molecule has 1 atom stereocenters. The summed E-state index contributed by atoms with van der Waals surface area (Å²) in [7, 11) is 0. The molecule has 1 aliphatic heterocycles. The Labute approximate surface area is 199 Å². The first kappa shape index (κ1) is 22.3. The highest BCUT2D eigenvalue weighted by Crippen LogP contribution is 2.26. The topological polar surface area (TPSA) is 91.1 Å². The van der Waals surface area contributed by atoms with E-state index in [1.165, 1.54) is 16.7 Å². The Morgan fingerprint density at radius 3 is 2.56 bits per heavy atom. The second-order valence-electron chi connectivity index (χ2n) is 8.99. The zero-order chi connectivity index (χ0) is 23.5. The lowest BCUT2D eigenvalue weighted by Crippen LogP contribution is -2.52. The summed E-state index contributed by atoms with van der Waals surface area (Å²) in [5, 5.41) is 16.4. The van der Waals surface area contributed by atoms with Crippen LogP contribution in [-0.4, -0.2) is 56.9 Å².